The molecular weight excluding hydrogens is 328 g/mol. The van der Waals surface area contributed by atoms with Crippen LogP contribution in [0.15, 0.2) is 53.4 Å². The molecule has 3 aromatic rings. The van der Waals surface area contributed by atoms with Gasteiger partial charge in [-0.1, -0.05) is 30.7 Å². The fourth-order valence-corrected chi connectivity index (χ4v) is 4.28. The summed E-state index contributed by atoms with van der Waals surface area (Å²) >= 11 is 7.76. The molecule has 4 rings (SSSR count). The minimum absolute atomic E-state index is 0.0893. The minimum atomic E-state index is -0.0893. The van der Waals surface area contributed by atoms with Gasteiger partial charge >= 0.3 is 0 Å². The van der Waals surface area contributed by atoms with Gasteiger partial charge in [0.2, 0.25) is 0 Å². The molecule has 2 heterocycles. The predicted molar refractivity (Wildman–Crippen MR) is 96.7 cm³/mol. The van der Waals surface area contributed by atoms with E-state index in [0.29, 0.717) is 16.0 Å². The van der Waals surface area contributed by atoms with Gasteiger partial charge in [-0.15, -0.1) is 11.8 Å². The monoisotopic (exact) mass is 342 g/mol. The molecule has 1 aliphatic rings. The number of aromatic nitrogens is 1. The molecule has 1 aromatic heterocycles. The standard InChI is InChI=1S/C18H15ClN2OS/c1-11-10-21-15(9-12-3-2-4-16(23-11)17(12)21)18(22)20-14-7-5-13(19)6-8-14/h2-9,11H,10H2,1H3,(H,20,22). The van der Waals surface area contributed by atoms with Gasteiger partial charge in [-0.05, 0) is 36.4 Å². The van der Waals surface area contributed by atoms with Crippen LogP contribution >= 0.6 is 23.4 Å². The Labute approximate surface area is 143 Å². The first-order valence-corrected chi connectivity index (χ1v) is 8.73. The number of rotatable bonds is 2. The molecule has 0 saturated heterocycles. The smallest absolute Gasteiger partial charge is 0.272 e. The zero-order chi connectivity index (χ0) is 16.0. The molecule has 0 spiro atoms. The Hall–Kier alpha value is -1.91. The topological polar surface area (TPSA) is 34.0 Å². The number of hydrogen-bond donors (Lipinski definition) is 1. The van der Waals surface area contributed by atoms with Crippen molar-refractivity contribution in [3.05, 3.63) is 59.2 Å². The minimum Gasteiger partial charge on any atom is -0.334 e. The first-order valence-electron chi connectivity index (χ1n) is 7.47. The summed E-state index contributed by atoms with van der Waals surface area (Å²) in [6.45, 7) is 3.03. The van der Waals surface area contributed by atoms with E-state index in [1.54, 1.807) is 12.1 Å². The van der Waals surface area contributed by atoms with Gasteiger partial charge in [-0.25, -0.2) is 0 Å². The molecule has 1 N–H and O–H groups in total. The Morgan fingerprint density at radius 1 is 1.26 bits per heavy atom. The Morgan fingerprint density at radius 3 is 2.83 bits per heavy atom. The second-order valence-corrected chi connectivity index (χ2v) is 7.64. The van der Waals surface area contributed by atoms with Gasteiger partial charge in [0, 0.05) is 32.8 Å². The fourth-order valence-electron chi connectivity index (χ4n) is 3.00. The van der Waals surface area contributed by atoms with E-state index in [1.165, 1.54) is 4.90 Å². The van der Waals surface area contributed by atoms with Crippen LogP contribution < -0.4 is 5.32 Å². The molecule has 1 atom stereocenters. The lowest BCUT2D eigenvalue weighted by Gasteiger charge is -2.22. The third kappa shape index (κ3) is 2.62. The largest absolute Gasteiger partial charge is 0.334 e. The zero-order valence-corrected chi connectivity index (χ0v) is 14.1. The molecule has 1 aliphatic heterocycles. The summed E-state index contributed by atoms with van der Waals surface area (Å²) in [6.07, 6.45) is 0. The lowest BCUT2D eigenvalue weighted by atomic mass is 10.2. The van der Waals surface area contributed by atoms with Crippen molar-refractivity contribution in [2.75, 3.05) is 5.32 Å². The van der Waals surface area contributed by atoms with Crippen LogP contribution in [0.25, 0.3) is 10.9 Å². The van der Waals surface area contributed by atoms with Crippen molar-refractivity contribution < 1.29 is 4.79 Å². The lowest BCUT2D eigenvalue weighted by Crippen LogP contribution is -2.21. The second kappa shape index (κ2) is 5.62. The number of amides is 1. The number of thioether (sulfide) groups is 1. The third-order valence-corrected chi connectivity index (χ3v) is 5.37. The van der Waals surface area contributed by atoms with Crippen LogP contribution in [0.1, 0.15) is 17.4 Å². The molecule has 0 radical (unpaired) electrons. The zero-order valence-electron chi connectivity index (χ0n) is 12.5. The summed E-state index contributed by atoms with van der Waals surface area (Å²) in [5.74, 6) is -0.0893. The summed E-state index contributed by atoms with van der Waals surface area (Å²) in [7, 11) is 0. The van der Waals surface area contributed by atoms with Crippen LogP contribution in [0.2, 0.25) is 5.02 Å². The van der Waals surface area contributed by atoms with E-state index in [1.807, 2.05) is 36.0 Å². The predicted octanol–water partition coefficient (Wildman–Crippen LogP) is 5.04. The van der Waals surface area contributed by atoms with Gasteiger partial charge < -0.3 is 9.88 Å². The van der Waals surface area contributed by atoms with Crippen molar-refractivity contribution in [3.8, 4) is 0 Å². The molecule has 5 heteroatoms. The maximum atomic E-state index is 12.7. The highest BCUT2D eigenvalue weighted by atomic mass is 35.5. The van der Waals surface area contributed by atoms with Crippen molar-refractivity contribution >= 4 is 45.9 Å². The van der Waals surface area contributed by atoms with Gasteiger partial charge in [0.25, 0.3) is 5.91 Å². The third-order valence-electron chi connectivity index (χ3n) is 3.99. The molecule has 1 unspecified atom stereocenters. The number of nitrogens with one attached hydrogen (secondary N) is 1. The first-order chi connectivity index (χ1) is 11.1. The highest BCUT2D eigenvalue weighted by Crippen LogP contribution is 2.38. The Bertz CT molecular complexity index is 901. The van der Waals surface area contributed by atoms with Crippen LogP contribution in [0.5, 0.6) is 0 Å². The summed E-state index contributed by atoms with van der Waals surface area (Å²) in [5.41, 5.74) is 2.61. The number of hydrogen-bond acceptors (Lipinski definition) is 2. The molecular formula is C18H15ClN2OS. The molecule has 23 heavy (non-hydrogen) atoms. The number of carbonyl (C=O) groups is 1. The van der Waals surface area contributed by atoms with E-state index in [0.717, 1.165) is 23.1 Å². The summed E-state index contributed by atoms with van der Waals surface area (Å²) in [5, 5.41) is 5.17. The molecule has 0 bridgehead atoms. The molecule has 0 aliphatic carbocycles. The van der Waals surface area contributed by atoms with Gasteiger partial charge in [-0.3, -0.25) is 4.79 Å². The average Bonchev–Trinajstić information content (AvgIpc) is 2.90. The Balaban J connectivity index is 1.74. The van der Waals surface area contributed by atoms with Crippen molar-refractivity contribution in [1.82, 2.24) is 4.57 Å². The quantitative estimate of drug-likeness (QED) is 0.707. The number of para-hydroxylation sites is 1. The number of benzene rings is 2. The maximum Gasteiger partial charge on any atom is 0.272 e. The Morgan fingerprint density at radius 2 is 2.04 bits per heavy atom. The molecule has 2 aromatic carbocycles. The highest BCUT2D eigenvalue weighted by Gasteiger charge is 2.23. The van der Waals surface area contributed by atoms with Crippen molar-refractivity contribution in [1.29, 1.82) is 0 Å². The summed E-state index contributed by atoms with van der Waals surface area (Å²) < 4.78 is 2.14. The normalized spacial score (nSPS) is 16.5. The van der Waals surface area contributed by atoms with E-state index >= 15 is 0 Å². The van der Waals surface area contributed by atoms with Crippen molar-refractivity contribution in [2.45, 2.75) is 23.6 Å². The van der Waals surface area contributed by atoms with E-state index in [4.69, 9.17) is 11.6 Å². The number of carbonyl (C=O) groups excluding carboxylic acids is 1. The highest BCUT2D eigenvalue weighted by molar-refractivity contribution is 8.00. The molecule has 0 fully saturated rings. The molecule has 1 amide bonds. The van der Waals surface area contributed by atoms with E-state index in [-0.39, 0.29) is 5.91 Å². The fraction of sp³-hybridized carbons (Fsp3) is 0.167. The van der Waals surface area contributed by atoms with Crippen LogP contribution in [0.3, 0.4) is 0 Å². The summed E-state index contributed by atoms with van der Waals surface area (Å²) in [6, 6.07) is 15.4. The van der Waals surface area contributed by atoms with Gasteiger partial charge in [0.05, 0.1) is 5.52 Å². The molecule has 3 nitrogen and oxygen atoms in total. The van der Waals surface area contributed by atoms with E-state index < -0.39 is 0 Å². The molecule has 116 valence electrons. The van der Waals surface area contributed by atoms with Crippen molar-refractivity contribution in [3.63, 3.8) is 0 Å². The van der Waals surface area contributed by atoms with E-state index in [9.17, 15) is 4.79 Å². The maximum absolute atomic E-state index is 12.7. The van der Waals surface area contributed by atoms with Crippen LogP contribution in [-0.2, 0) is 6.54 Å². The second-order valence-electron chi connectivity index (χ2n) is 5.72. The number of halogens is 1. The summed E-state index contributed by atoms with van der Waals surface area (Å²) in [4.78, 5) is 14.0. The average molecular weight is 343 g/mol. The van der Waals surface area contributed by atoms with Crippen molar-refractivity contribution in [2.24, 2.45) is 0 Å². The van der Waals surface area contributed by atoms with Crippen LogP contribution in [0, 0.1) is 0 Å². The van der Waals surface area contributed by atoms with Gasteiger partial charge in [0.1, 0.15) is 5.69 Å². The van der Waals surface area contributed by atoms with Gasteiger partial charge in [0.15, 0.2) is 0 Å². The van der Waals surface area contributed by atoms with Gasteiger partial charge in [-0.2, -0.15) is 0 Å². The Kier molecular flexibility index (Phi) is 3.58. The molecule has 0 saturated carbocycles. The van der Waals surface area contributed by atoms with Crippen LogP contribution in [0.4, 0.5) is 5.69 Å². The first kappa shape index (κ1) is 14.7. The van der Waals surface area contributed by atoms with E-state index in [2.05, 4.69) is 28.9 Å². The van der Waals surface area contributed by atoms with Crippen LogP contribution in [-0.4, -0.2) is 15.7 Å². The SMILES string of the molecule is CC1Cn2c(C(=O)Nc3ccc(Cl)cc3)cc3cccc(c32)S1. The number of nitrogens with zero attached hydrogens (tertiary/aromatic N) is 1. The lowest BCUT2D eigenvalue weighted by molar-refractivity contribution is 0.101. The number of anilines is 1.